The van der Waals surface area contributed by atoms with Crippen molar-refractivity contribution in [3.05, 3.63) is 30.1 Å². The Balaban J connectivity index is 1.47. The molecule has 0 radical (unpaired) electrons. The number of piperidine rings is 1. The summed E-state index contributed by atoms with van der Waals surface area (Å²) in [6.45, 7) is 4.65. The van der Waals surface area contributed by atoms with Crippen LogP contribution in [0.15, 0.2) is 24.3 Å². The van der Waals surface area contributed by atoms with Crippen LogP contribution in [-0.2, 0) is 4.79 Å². The molecule has 23 heavy (non-hydrogen) atoms. The second-order valence-corrected chi connectivity index (χ2v) is 6.57. The number of carbonyl (C=O) groups excluding carboxylic acids is 1. The molecule has 5 heteroatoms. The Bertz CT molecular complexity index is 532. The van der Waals surface area contributed by atoms with Gasteiger partial charge in [-0.3, -0.25) is 9.69 Å². The monoisotopic (exact) mass is 320 g/mol. The van der Waals surface area contributed by atoms with Crippen LogP contribution in [0.1, 0.15) is 25.7 Å². The van der Waals surface area contributed by atoms with Crippen LogP contribution in [0.2, 0.25) is 0 Å². The standard InChI is InChI=1S/C18H25FN2O2/c19-16-7-1-2-8-17(16)23-14-15-6-5-11-21(12-15)18(22)13-20-9-3-4-10-20/h1-2,7-8,15H,3-6,9-14H2/t15-/m1/s1. The van der Waals surface area contributed by atoms with E-state index in [0.717, 1.165) is 39.0 Å². The minimum atomic E-state index is -0.328. The maximum absolute atomic E-state index is 13.6. The molecule has 0 unspecified atom stereocenters. The Labute approximate surface area is 137 Å². The lowest BCUT2D eigenvalue weighted by Gasteiger charge is -2.33. The summed E-state index contributed by atoms with van der Waals surface area (Å²) in [7, 11) is 0. The number of benzene rings is 1. The minimum Gasteiger partial charge on any atom is -0.490 e. The van der Waals surface area contributed by atoms with E-state index in [1.165, 1.54) is 18.9 Å². The number of carbonyl (C=O) groups is 1. The number of hydrogen-bond donors (Lipinski definition) is 0. The van der Waals surface area contributed by atoms with Gasteiger partial charge in [-0.15, -0.1) is 0 Å². The van der Waals surface area contributed by atoms with Crippen LogP contribution in [0.25, 0.3) is 0 Å². The Kier molecular flexibility index (Phi) is 5.49. The van der Waals surface area contributed by atoms with Gasteiger partial charge in [0.1, 0.15) is 0 Å². The Morgan fingerprint density at radius 3 is 2.74 bits per heavy atom. The van der Waals surface area contributed by atoms with Gasteiger partial charge in [0.25, 0.3) is 0 Å². The van der Waals surface area contributed by atoms with E-state index in [2.05, 4.69) is 4.90 Å². The van der Waals surface area contributed by atoms with Crippen molar-refractivity contribution in [2.24, 2.45) is 5.92 Å². The number of halogens is 1. The van der Waals surface area contributed by atoms with Gasteiger partial charge in [0, 0.05) is 19.0 Å². The zero-order valence-electron chi connectivity index (χ0n) is 13.5. The molecule has 126 valence electrons. The summed E-state index contributed by atoms with van der Waals surface area (Å²) in [5, 5.41) is 0. The quantitative estimate of drug-likeness (QED) is 0.836. The molecule has 0 aromatic heterocycles. The SMILES string of the molecule is O=C(CN1CCCC1)N1CCC[C@@H](COc2ccccc2F)C1. The van der Waals surface area contributed by atoms with E-state index in [-0.39, 0.29) is 17.6 Å². The fraction of sp³-hybridized carbons (Fsp3) is 0.611. The fourth-order valence-corrected chi connectivity index (χ4v) is 3.43. The molecule has 1 amide bonds. The van der Waals surface area contributed by atoms with Crippen LogP contribution >= 0.6 is 0 Å². The van der Waals surface area contributed by atoms with Crippen LogP contribution in [0.5, 0.6) is 5.75 Å². The van der Waals surface area contributed by atoms with Crippen molar-refractivity contribution in [1.29, 1.82) is 0 Å². The highest BCUT2D eigenvalue weighted by Gasteiger charge is 2.26. The second kappa shape index (κ2) is 7.77. The third kappa shape index (κ3) is 4.44. The molecule has 0 bridgehead atoms. The van der Waals surface area contributed by atoms with E-state index < -0.39 is 0 Å². The number of nitrogens with zero attached hydrogens (tertiary/aromatic N) is 2. The maximum atomic E-state index is 13.6. The maximum Gasteiger partial charge on any atom is 0.236 e. The highest BCUT2D eigenvalue weighted by molar-refractivity contribution is 5.78. The van der Waals surface area contributed by atoms with Gasteiger partial charge in [-0.1, -0.05) is 12.1 Å². The smallest absolute Gasteiger partial charge is 0.236 e. The van der Waals surface area contributed by atoms with Crippen molar-refractivity contribution in [1.82, 2.24) is 9.80 Å². The molecule has 0 spiro atoms. The van der Waals surface area contributed by atoms with E-state index in [1.54, 1.807) is 18.2 Å². The van der Waals surface area contributed by atoms with Crippen LogP contribution in [0.4, 0.5) is 4.39 Å². The molecular formula is C18H25FN2O2. The van der Waals surface area contributed by atoms with Gasteiger partial charge in [-0.25, -0.2) is 4.39 Å². The predicted molar refractivity (Wildman–Crippen MR) is 86.9 cm³/mol. The van der Waals surface area contributed by atoms with Crippen molar-refractivity contribution in [3.8, 4) is 5.75 Å². The van der Waals surface area contributed by atoms with Gasteiger partial charge in [0.05, 0.1) is 13.2 Å². The van der Waals surface area contributed by atoms with Gasteiger partial charge in [0.15, 0.2) is 11.6 Å². The third-order valence-electron chi connectivity index (χ3n) is 4.74. The molecule has 4 nitrogen and oxygen atoms in total. The van der Waals surface area contributed by atoms with E-state index in [9.17, 15) is 9.18 Å². The van der Waals surface area contributed by atoms with Gasteiger partial charge in [-0.05, 0) is 50.9 Å². The van der Waals surface area contributed by atoms with Crippen LogP contribution in [0, 0.1) is 11.7 Å². The van der Waals surface area contributed by atoms with Crippen molar-refractivity contribution in [2.45, 2.75) is 25.7 Å². The summed E-state index contributed by atoms with van der Waals surface area (Å²) >= 11 is 0. The molecule has 2 aliphatic heterocycles. The lowest BCUT2D eigenvalue weighted by atomic mass is 9.99. The Morgan fingerprint density at radius 2 is 1.96 bits per heavy atom. The molecule has 1 aromatic carbocycles. The molecule has 0 N–H and O–H groups in total. The highest BCUT2D eigenvalue weighted by atomic mass is 19.1. The summed E-state index contributed by atoms with van der Waals surface area (Å²) < 4.78 is 19.2. The van der Waals surface area contributed by atoms with Crippen molar-refractivity contribution in [3.63, 3.8) is 0 Å². The van der Waals surface area contributed by atoms with Crippen LogP contribution < -0.4 is 4.74 Å². The van der Waals surface area contributed by atoms with Crippen molar-refractivity contribution in [2.75, 3.05) is 39.3 Å². The van der Waals surface area contributed by atoms with Crippen molar-refractivity contribution >= 4 is 5.91 Å². The predicted octanol–water partition coefficient (Wildman–Crippen LogP) is 2.54. The molecule has 3 rings (SSSR count). The van der Waals surface area contributed by atoms with Crippen LogP contribution in [0.3, 0.4) is 0 Å². The molecule has 1 atom stereocenters. The molecule has 2 fully saturated rings. The topological polar surface area (TPSA) is 32.8 Å². The van der Waals surface area contributed by atoms with Gasteiger partial charge < -0.3 is 9.64 Å². The molecular weight excluding hydrogens is 295 g/mol. The van der Waals surface area contributed by atoms with Gasteiger partial charge in [-0.2, -0.15) is 0 Å². The first kappa shape index (κ1) is 16.2. The average molecular weight is 320 g/mol. The first-order valence-electron chi connectivity index (χ1n) is 8.60. The zero-order chi connectivity index (χ0) is 16.1. The zero-order valence-corrected chi connectivity index (χ0v) is 13.5. The molecule has 2 saturated heterocycles. The van der Waals surface area contributed by atoms with Crippen LogP contribution in [-0.4, -0.2) is 55.0 Å². The lowest BCUT2D eigenvalue weighted by molar-refractivity contribution is -0.134. The molecule has 0 saturated carbocycles. The van der Waals surface area contributed by atoms with E-state index in [4.69, 9.17) is 4.74 Å². The number of para-hydroxylation sites is 1. The summed E-state index contributed by atoms with van der Waals surface area (Å²) in [6, 6.07) is 6.48. The average Bonchev–Trinajstić information content (AvgIpc) is 3.07. The van der Waals surface area contributed by atoms with E-state index in [1.807, 2.05) is 4.90 Å². The summed E-state index contributed by atoms with van der Waals surface area (Å²) in [5.41, 5.74) is 0. The largest absolute Gasteiger partial charge is 0.490 e. The minimum absolute atomic E-state index is 0.225. The Hall–Kier alpha value is -1.62. The summed E-state index contributed by atoms with van der Waals surface area (Å²) in [6.07, 6.45) is 4.43. The normalized spacial score (nSPS) is 22.3. The molecule has 2 aliphatic rings. The first-order chi connectivity index (χ1) is 11.2. The highest BCUT2D eigenvalue weighted by Crippen LogP contribution is 2.21. The lowest BCUT2D eigenvalue weighted by Crippen LogP contribution is -2.45. The Morgan fingerprint density at radius 1 is 1.17 bits per heavy atom. The number of hydrogen-bond acceptors (Lipinski definition) is 3. The van der Waals surface area contributed by atoms with E-state index in [0.29, 0.717) is 18.9 Å². The number of rotatable bonds is 5. The number of likely N-dealkylation sites (tertiary alicyclic amines) is 2. The van der Waals surface area contributed by atoms with E-state index >= 15 is 0 Å². The fourth-order valence-electron chi connectivity index (χ4n) is 3.43. The van der Waals surface area contributed by atoms with Gasteiger partial charge in [0.2, 0.25) is 5.91 Å². The number of amides is 1. The number of ether oxygens (including phenoxy) is 1. The molecule has 0 aliphatic carbocycles. The summed E-state index contributed by atoms with van der Waals surface area (Å²) in [5.74, 6) is 0.478. The summed E-state index contributed by atoms with van der Waals surface area (Å²) in [4.78, 5) is 16.6. The third-order valence-corrected chi connectivity index (χ3v) is 4.74. The molecule has 1 aromatic rings. The van der Waals surface area contributed by atoms with Crippen molar-refractivity contribution < 1.29 is 13.9 Å². The molecule has 2 heterocycles. The second-order valence-electron chi connectivity index (χ2n) is 6.57. The first-order valence-corrected chi connectivity index (χ1v) is 8.60. The van der Waals surface area contributed by atoms with Gasteiger partial charge >= 0.3 is 0 Å².